The number of pyridine rings is 1. The van der Waals surface area contributed by atoms with Gasteiger partial charge in [0.15, 0.2) is 0 Å². The van der Waals surface area contributed by atoms with Gasteiger partial charge in [0, 0.05) is 36.7 Å². The third kappa shape index (κ3) is 3.70. The van der Waals surface area contributed by atoms with E-state index < -0.39 is 0 Å². The molecule has 1 aliphatic carbocycles. The van der Waals surface area contributed by atoms with Crippen LogP contribution in [0.15, 0.2) is 36.7 Å². The Morgan fingerprint density at radius 1 is 1.32 bits per heavy atom. The smallest absolute Gasteiger partial charge is 0.276 e. The first-order valence-electron chi connectivity index (χ1n) is 10.5. The topological polar surface area (TPSA) is 87.5 Å². The number of amides is 2. The number of nitrogens with one attached hydrogen (secondary N) is 1. The van der Waals surface area contributed by atoms with E-state index in [1.807, 2.05) is 25.1 Å². The van der Waals surface area contributed by atoms with Gasteiger partial charge in [-0.05, 0) is 54.0 Å². The fourth-order valence-electron chi connectivity index (χ4n) is 4.77. The molecule has 0 spiro atoms. The van der Waals surface area contributed by atoms with Gasteiger partial charge in [-0.1, -0.05) is 26.0 Å². The fourth-order valence-corrected chi connectivity index (χ4v) is 4.77. The van der Waals surface area contributed by atoms with Gasteiger partial charge in [0.1, 0.15) is 11.5 Å². The lowest BCUT2D eigenvalue weighted by Gasteiger charge is -2.31. The van der Waals surface area contributed by atoms with Crippen molar-refractivity contribution in [3.63, 3.8) is 0 Å². The van der Waals surface area contributed by atoms with Crippen LogP contribution >= 0.6 is 0 Å². The van der Waals surface area contributed by atoms with Crippen molar-refractivity contribution in [1.29, 1.82) is 0 Å². The van der Waals surface area contributed by atoms with Crippen molar-refractivity contribution in [2.75, 3.05) is 11.4 Å². The molecule has 0 radical (unpaired) electrons. The first-order valence-corrected chi connectivity index (χ1v) is 10.5. The van der Waals surface area contributed by atoms with E-state index in [0.717, 1.165) is 24.0 Å². The van der Waals surface area contributed by atoms with Crippen LogP contribution in [-0.4, -0.2) is 33.5 Å². The van der Waals surface area contributed by atoms with Crippen molar-refractivity contribution in [3.05, 3.63) is 64.8 Å². The molecule has 2 aromatic heterocycles. The van der Waals surface area contributed by atoms with Crippen molar-refractivity contribution in [2.45, 2.75) is 46.8 Å². The summed E-state index contributed by atoms with van der Waals surface area (Å²) in [6.45, 7) is 7.31. The Bertz CT molecular complexity index is 1090. The molecule has 0 atom stereocenters. The van der Waals surface area contributed by atoms with Crippen LogP contribution in [0.3, 0.4) is 0 Å². The monoisotopic (exact) mass is 420 g/mol. The number of fused-ring (bicyclic) bond motifs is 3. The molecule has 0 fully saturated rings. The highest BCUT2D eigenvalue weighted by atomic mass is 16.3. The van der Waals surface area contributed by atoms with E-state index >= 15 is 0 Å². The highest BCUT2D eigenvalue weighted by molar-refractivity contribution is 6.06. The first-order chi connectivity index (χ1) is 14.9. The van der Waals surface area contributed by atoms with Crippen LogP contribution in [0.2, 0.25) is 0 Å². The molecule has 0 saturated heterocycles. The molecule has 7 nitrogen and oxygen atoms in total. The van der Waals surface area contributed by atoms with E-state index in [2.05, 4.69) is 28.7 Å². The number of carbonyl (C=O) groups is 2. The number of carbonyl (C=O) groups excluding carboxylic acids is 2. The summed E-state index contributed by atoms with van der Waals surface area (Å²) in [5.41, 5.74) is 5.45. The van der Waals surface area contributed by atoms with Crippen molar-refractivity contribution in [2.24, 2.45) is 5.41 Å². The molecule has 0 saturated carbocycles. The maximum absolute atomic E-state index is 13.4. The largest absolute Gasteiger partial charge is 0.392 e. The zero-order valence-corrected chi connectivity index (χ0v) is 18.2. The predicted molar refractivity (Wildman–Crippen MR) is 119 cm³/mol. The summed E-state index contributed by atoms with van der Waals surface area (Å²) in [6.07, 6.45) is 9.43. The molecule has 0 aromatic carbocycles. The van der Waals surface area contributed by atoms with Crippen molar-refractivity contribution < 1.29 is 14.7 Å². The minimum atomic E-state index is -0.274. The number of aliphatic hydroxyl groups is 1. The zero-order chi connectivity index (χ0) is 22.2. The van der Waals surface area contributed by atoms with Crippen LogP contribution in [0.4, 0.5) is 5.82 Å². The van der Waals surface area contributed by atoms with Gasteiger partial charge in [-0.2, -0.15) is 0 Å². The Morgan fingerprint density at radius 3 is 2.84 bits per heavy atom. The first kappa shape index (κ1) is 21.1. The number of aromatic nitrogens is 2. The van der Waals surface area contributed by atoms with Gasteiger partial charge in [0.2, 0.25) is 6.41 Å². The molecule has 2 aromatic rings. The molecule has 0 bridgehead atoms. The van der Waals surface area contributed by atoms with Gasteiger partial charge in [-0.3, -0.25) is 14.5 Å². The number of hydrogen-bond acceptors (Lipinski definition) is 4. The van der Waals surface area contributed by atoms with Crippen LogP contribution < -0.4 is 10.2 Å². The molecule has 31 heavy (non-hydrogen) atoms. The quantitative estimate of drug-likeness (QED) is 0.556. The van der Waals surface area contributed by atoms with Crippen LogP contribution in [0.25, 0.3) is 5.57 Å². The number of nitrogens with zero attached hydrogens (tertiary/aromatic N) is 3. The molecular formula is C24H28N4O3. The summed E-state index contributed by atoms with van der Waals surface area (Å²) < 4.78 is 2.16. The standard InChI is InChI=1S/C24H28N4O3/c1-4-5-16(13-25-15-30)18-6-7-26-22(19(18)14-29)28-9-8-27-20(23(28)31)10-17-11-24(2,3)12-21(17)27/h4-7,10,13,15,29H,8-9,11-12,14H2,1-3H3,(H,25,30)/b5-4-,16-13+. The third-order valence-electron chi connectivity index (χ3n) is 6.04. The van der Waals surface area contributed by atoms with E-state index in [-0.39, 0.29) is 17.9 Å². The lowest BCUT2D eigenvalue weighted by Crippen LogP contribution is -2.41. The molecule has 0 unspecified atom stereocenters. The Hall–Kier alpha value is -3.19. The van der Waals surface area contributed by atoms with Crippen molar-refractivity contribution in [1.82, 2.24) is 14.9 Å². The Balaban J connectivity index is 1.73. The normalized spacial score (nSPS) is 17.7. The van der Waals surface area contributed by atoms with Gasteiger partial charge in [-0.15, -0.1) is 0 Å². The molecule has 2 N–H and O–H groups in total. The summed E-state index contributed by atoms with van der Waals surface area (Å²) in [5, 5.41) is 12.7. The van der Waals surface area contributed by atoms with E-state index in [9.17, 15) is 14.7 Å². The van der Waals surface area contributed by atoms with Crippen molar-refractivity contribution >= 4 is 23.7 Å². The maximum atomic E-state index is 13.4. The van der Waals surface area contributed by atoms with E-state index in [4.69, 9.17) is 0 Å². The Kier molecular flexibility index (Phi) is 5.54. The molecule has 7 heteroatoms. The van der Waals surface area contributed by atoms with Gasteiger partial charge in [-0.25, -0.2) is 4.98 Å². The maximum Gasteiger partial charge on any atom is 0.276 e. The van der Waals surface area contributed by atoms with Crippen LogP contribution in [0.1, 0.15) is 53.6 Å². The molecule has 3 heterocycles. The predicted octanol–water partition coefficient (Wildman–Crippen LogP) is 2.82. The van der Waals surface area contributed by atoms with E-state index in [1.165, 1.54) is 11.3 Å². The lowest BCUT2D eigenvalue weighted by molar-refractivity contribution is -0.108. The number of allylic oxidation sites excluding steroid dienone is 3. The second-order valence-electron chi connectivity index (χ2n) is 8.83. The molecule has 1 aliphatic heterocycles. The number of aliphatic hydroxyl groups excluding tert-OH is 1. The van der Waals surface area contributed by atoms with E-state index in [0.29, 0.717) is 36.6 Å². The molecule has 2 amide bonds. The fraction of sp³-hybridized carbons (Fsp3) is 0.375. The summed E-state index contributed by atoms with van der Waals surface area (Å²) in [7, 11) is 0. The summed E-state index contributed by atoms with van der Waals surface area (Å²) >= 11 is 0. The van der Waals surface area contributed by atoms with Gasteiger partial charge < -0.3 is 15.0 Å². The summed E-state index contributed by atoms with van der Waals surface area (Å²) in [6, 6.07) is 3.81. The van der Waals surface area contributed by atoms with Crippen LogP contribution in [0.5, 0.6) is 0 Å². The summed E-state index contributed by atoms with van der Waals surface area (Å²) in [5.74, 6) is 0.361. The second kappa shape index (κ2) is 8.15. The van der Waals surface area contributed by atoms with E-state index in [1.54, 1.807) is 23.4 Å². The SMILES string of the molecule is C/C=C\C(=C/NC=O)c1ccnc(N2CCn3c(cc4c3CC(C)(C)C4)C2=O)c1CO. The highest BCUT2D eigenvalue weighted by Gasteiger charge is 2.37. The molecule has 4 rings (SSSR count). The molecular weight excluding hydrogens is 392 g/mol. The second-order valence-corrected chi connectivity index (χ2v) is 8.83. The average Bonchev–Trinajstić information content (AvgIpc) is 3.23. The number of rotatable bonds is 6. The van der Waals surface area contributed by atoms with Gasteiger partial charge >= 0.3 is 0 Å². The Morgan fingerprint density at radius 2 is 2.13 bits per heavy atom. The minimum Gasteiger partial charge on any atom is -0.392 e. The summed E-state index contributed by atoms with van der Waals surface area (Å²) in [4.78, 5) is 30.3. The zero-order valence-electron chi connectivity index (χ0n) is 18.2. The van der Waals surface area contributed by atoms with Crippen molar-refractivity contribution in [3.8, 4) is 0 Å². The lowest BCUT2D eigenvalue weighted by atomic mass is 9.90. The third-order valence-corrected chi connectivity index (χ3v) is 6.04. The minimum absolute atomic E-state index is 0.0969. The number of anilines is 1. The highest BCUT2D eigenvalue weighted by Crippen LogP contribution is 2.39. The van der Waals surface area contributed by atoms with Crippen LogP contribution in [0, 0.1) is 5.41 Å². The molecule has 162 valence electrons. The van der Waals surface area contributed by atoms with Crippen LogP contribution in [-0.2, 0) is 30.8 Å². The van der Waals surface area contributed by atoms with Gasteiger partial charge in [0.05, 0.1) is 6.61 Å². The Labute approximate surface area is 182 Å². The molecule has 2 aliphatic rings. The van der Waals surface area contributed by atoms with Gasteiger partial charge in [0.25, 0.3) is 5.91 Å². The number of hydrogen-bond donors (Lipinski definition) is 2. The average molecular weight is 421 g/mol.